The van der Waals surface area contributed by atoms with Crippen molar-refractivity contribution in [1.82, 2.24) is 14.9 Å². The Labute approximate surface area is 157 Å². The highest BCUT2D eigenvalue weighted by atomic mass is 16.5. The van der Waals surface area contributed by atoms with Gasteiger partial charge >= 0.3 is 0 Å². The van der Waals surface area contributed by atoms with Crippen LogP contribution in [-0.4, -0.2) is 60.8 Å². The Balaban J connectivity index is 1.36. The number of hydrogen-bond donors (Lipinski definition) is 0. The molecule has 4 rings (SSSR count). The van der Waals surface area contributed by atoms with E-state index in [2.05, 4.69) is 14.9 Å². The van der Waals surface area contributed by atoms with Gasteiger partial charge in [0.15, 0.2) is 6.61 Å². The molecule has 1 amide bonds. The molecule has 8 heteroatoms. The molecule has 0 atom stereocenters. The van der Waals surface area contributed by atoms with Crippen LogP contribution in [0.1, 0.15) is 11.3 Å². The van der Waals surface area contributed by atoms with Crippen molar-refractivity contribution in [2.24, 2.45) is 0 Å². The Bertz CT molecular complexity index is 823. The first-order chi connectivity index (χ1) is 13.2. The fourth-order valence-corrected chi connectivity index (χ4v) is 3.16. The van der Waals surface area contributed by atoms with Crippen LogP contribution in [0.2, 0.25) is 0 Å². The molecule has 1 aromatic heterocycles. The normalized spacial score (nSPS) is 16.2. The van der Waals surface area contributed by atoms with Crippen molar-refractivity contribution < 1.29 is 19.0 Å². The maximum absolute atomic E-state index is 12.5. The first kappa shape index (κ1) is 17.5. The van der Waals surface area contributed by atoms with Crippen LogP contribution in [0.4, 0.5) is 5.95 Å². The second-order valence-electron chi connectivity index (χ2n) is 6.46. The smallest absolute Gasteiger partial charge is 0.261 e. The van der Waals surface area contributed by atoms with E-state index >= 15 is 0 Å². The maximum atomic E-state index is 12.5. The van der Waals surface area contributed by atoms with Crippen LogP contribution in [0, 0.1) is 0 Å². The zero-order chi connectivity index (χ0) is 18.6. The second kappa shape index (κ2) is 7.79. The minimum atomic E-state index is -0.0799. The summed E-state index contributed by atoms with van der Waals surface area (Å²) in [4.78, 5) is 25.5. The summed E-state index contributed by atoms with van der Waals surface area (Å²) < 4.78 is 16.1. The number of morpholine rings is 1. The number of nitrogens with zero attached hydrogens (tertiary/aromatic N) is 4. The number of carbonyl (C=O) groups is 1. The molecule has 2 aromatic rings. The minimum absolute atomic E-state index is 0.0229. The number of carbonyl (C=O) groups excluding carboxylic acids is 1. The molecule has 1 saturated heterocycles. The highest BCUT2D eigenvalue weighted by Gasteiger charge is 2.26. The van der Waals surface area contributed by atoms with E-state index in [0.717, 1.165) is 24.3 Å². The van der Waals surface area contributed by atoms with E-state index in [9.17, 15) is 4.79 Å². The fourth-order valence-electron chi connectivity index (χ4n) is 3.16. The zero-order valence-electron chi connectivity index (χ0n) is 15.3. The number of amides is 1. The Morgan fingerprint density at radius 3 is 2.85 bits per heavy atom. The third-order valence-electron chi connectivity index (χ3n) is 4.69. The Morgan fingerprint density at radius 1 is 1.22 bits per heavy atom. The van der Waals surface area contributed by atoms with E-state index in [-0.39, 0.29) is 12.5 Å². The molecule has 1 fully saturated rings. The number of benzene rings is 1. The van der Waals surface area contributed by atoms with Crippen molar-refractivity contribution in [3.05, 3.63) is 41.7 Å². The van der Waals surface area contributed by atoms with Crippen molar-refractivity contribution in [2.75, 3.05) is 44.9 Å². The number of fused-ring (bicyclic) bond motifs is 1. The molecule has 1 aromatic carbocycles. The van der Waals surface area contributed by atoms with Gasteiger partial charge in [0.05, 0.1) is 32.6 Å². The number of rotatable bonds is 5. The lowest BCUT2D eigenvalue weighted by Crippen LogP contribution is -2.37. The summed E-state index contributed by atoms with van der Waals surface area (Å²) in [5, 5.41) is 0. The largest absolute Gasteiger partial charge is 0.497 e. The summed E-state index contributed by atoms with van der Waals surface area (Å²) in [6, 6.07) is 7.21. The van der Waals surface area contributed by atoms with Gasteiger partial charge in [0.25, 0.3) is 5.91 Å². The molecule has 142 valence electrons. The van der Waals surface area contributed by atoms with Gasteiger partial charge in [0.2, 0.25) is 5.95 Å². The number of ether oxygens (including phenoxy) is 3. The molecule has 2 aliphatic heterocycles. The molecule has 8 nitrogen and oxygen atoms in total. The second-order valence-corrected chi connectivity index (χ2v) is 6.46. The quantitative estimate of drug-likeness (QED) is 0.784. The van der Waals surface area contributed by atoms with Crippen LogP contribution in [0.15, 0.2) is 30.5 Å². The number of hydrogen-bond acceptors (Lipinski definition) is 7. The monoisotopic (exact) mass is 370 g/mol. The van der Waals surface area contributed by atoms with Crippen LogP contribution in [0.5, 0.6) is 11.5 Å². The molecule has 0 saturated carbocycles. The average molecular weight is 370 g/mol. The molecule has 0 N–H and O–H groups in total. The molecule has 0 bridgehead atoms. The third kappa shape index (κ3) is 3.95. The van der Waals surface area contributed by atoms with Crippen molar-refractivity contribution in [3.8, 4) is 11.5 Å². The van der Waals surface area contributed by atoms with Gasteiger partial charge in [-0.2, -0.15) is 0 Å². The van der Waals surface area contributed by atoms with Crippen LogP contribution >= 0.6 is 0 Å². The van der Waals surface area contributed by atoms with E-state index in [0.29, 0.717) is 43.8 Å². The summed E-state index contributed by atoms with van der Waals surface area (Å²) in [6.07, 6.45) is 1.82. The maximum Gasteiger partial charge on any atom is 0.261 e. The minimum Gasteiger partial charge on any atom is -0.497 e. The summed E-state index contributed by atoms with van der Waals surface area (Å²) in [5.74, 6) is 1.93. The van der Waals surface area contributed by atoms with Crippen LogP contribution < -0.4 is 14.4 Å². The first-order valence-corrected chi connectivity index (χ1v) is 8.95. The Kier molecular flexibility index (Phi) is 5.06. The summed E-state index contributed by atoms with van der Waals surface area (Å²) in [7, 11) is 1.60. The van der Waals surface area contributed by atoms with E-state index < -0.39 is 0 Å². The Hall–Kier alpha value is -2.87. The molecule has 0 aliphatic carbocycles. The van der Waals surface area contributed by atoms with Gasteiger partial charge < -0.3 is 24.0 Å². The van der Waals surface area contributed by atoms with Gasteiger partial charge in [-0.15, -0.1) is 0 Å². The average Bonchev–Trinajstić information content (AvgIpc) is 3.16. The van der Waals surface area contributed by atoms with Crippen LogP contribution in [0.3, 0.4) is 0 Å². The Morgan fingerprint density at radius 2 is 2.04 bits per heavy atom. The summed E-state index contributed by atoms with van der Waals surface area (Å²) in [5.41, 5.74) is 1.89. The lowest BCUT2D eigenvalue weighted by atomic mass is 10.3. The van der Waals surface area contributed by atoms with Crippen molar-refractivity contribution in [3.63, 3.8) is 0 Å². The number of aromatic nitrogens is 2. The topological polar surface area (TPSA) is 77.0 Å². The highest BCUT2D eigenvalue weighted by molar-refractivity contribution is 5.78. The summed E-state index contributed by atoms with van der Waals surface area (Å²) in [6.45, 7) is 3.92. The van der Waals surface area contributed by atoms with Crippen LogP contribution in [0.25, 0.3) is 0 Å². The van der Waals surface area contributed by atoms with E-state index in [1.54, 1.807) is 24.1 Å². The molecule has 0 radical (unpaired) electrons. The molecular formula is C19H22N4O4. The molecule has 2 aliphatic rings. The molecule has 3 heterocycles. The predicted molar refractivity (Wildman–Crippen MR) is 97.8 cm³/mol. The van der Waals surface area contributed by atoms with Crippen LogP contribution in [-0.2, 0) is 22.6 Å². The lowest BCUT2D eigenvalue weighted by Gasteiger charge is -2.26. The van der Waals surface area contributed by atoms with E-state index in [1.165, 1.54) is 0 Å². The molecule has 0 spiro atoms. The van der Waals surface area contributed by atoms with Gasteiger partial charge in [-0.25, -0.2) is 9.97 Å². The van der Waals surface area contributed by atoms with E-state index in [1.807, 2.05) is 18.3 Å². The van der Waals surface area contributed by atoms with Crippen molar-refractivity contribution in [1.29, 1.82) is 0 Å². The highest BCUT2D eigenvalue weighted by Crippen LogP contribution is 2.24. The third-order valence-corrected chi connectivity index (χ3v) is 4.69. The van der Waals surface area contributed by atoms with Gasteiger partial charge in [0.1, 0.15) is 11.5 Å². The summed E-state index contributed by atoms with van der Waals surface area (Å²) >= 11 is 0. The number of anilines is 1. The standard InChI is InChI=1S/C19H22N4O4/c1-25-15-3-2-4-16(9-15)27-13-18(24)23-11-14-10-20-19(21-17(14)12-23)22-5-7-26-8-6-22/h2-4,9-10H,5-8,11-13H2,1H3. The van der Waals surface area contributed by atoms with Gasteiger partial charge in [0, 0.05) is 37.5 Å². The number of methoxy groups -OCH3 is 1. The SMILES string of the molecule is COc1cccc(OCC(=O)N2Cc3cnc(N4CCOCC4)nc3C2)c1. The van der Waals surface area contributed by atoms with E-state index in [4.69, 9.17) is 14.2 Å². The van der Waals surface area contributed by atoms with Gasteiger partial charge in [-0.1, -0.05) is 6.07 Å². The van der Waals surface area contributed by atoms with Crippen molar-refractivity contribution in [2.45, 2.75) is 13.1 Å². The lowest BCUT2D eigenvalue weighted by molar-refractivity contribution is -0.134. The molecular weight excluding hydrogens is 348 g/mol. The predicted octanol–water partition coefficient (Wildman–Crippen LogP) is 1.24. The fraction of sp³-hybridized carbons (Fsp3) is 0.421. The molecule has 0 unspecified atom stereocenters. The van der Waals surface area contributed by atoms with Gasteiger partial charge in [-0.3, -0.25) is 4.79 Å². The molecule has 27 heavy (non-hydrogen) atoms. The zero-order valence-corrected chi connectivity index (χ0v) is 15.3. The van der Waals surface area contributed by atoms with Gasteiger partial charge in [-0.05, 0) is 12.1 Å². The van der Waals surface area contributed by atoms with Crippen molar-refractivity contribution >= 4 is 11.9 Å². The first-order valence-electron chi connectivity index (χ1n) is 8.95.